The summed E-state index contributed by atoms with van der Waals surface area (Å²) in [4.78, 5) is 0. The molecule has 6 nitrogen and oxygen atoms in total. The number of methoxy groups -OCH3 is 1. The molecule has 3 rings (SSSR count). The van der Waals surface area contributed by atoms with Crippen molar-refractivity contribution in [3.8, 4) is 5.75 Å². The predicted molar refractivity (Wildman–Crippen MR) is 87.2 cm³/mol. The Morgan fingerprint density at radius 1 is 1.32 bits per heavy atom. The molecule has 25 heavy (non-hydrogen) atoms. The molecule has 1 aliphatic rings. The van der Waals surface area contributed by atoms with Crippen molar-refractivity contribution in [1.29, 1.82) is 0 Å². The number of hydrogen-bond donors (Lipinski definition) is 3. The maximum atomic E-state index is 13.3. The van der Waals surface area contributed by atoms with Gasteiger partial charge in [0.2, 0.25) is 0 Å². The van der Waals surface area contributed by atoms with Crippen LogP contribution in [0, 0.1) is 5.92 Å². The summed E-state index contributed by atoms with van der Waals surface area (Å²) >= 11 is 0. The van der Waals surface area contributed by atoms with Crippen LogP contribution in [0.4, 0.5) is 24.7 Å². The number of benzene rings is 1. The van der Waals surface area contributed by atoms with E-state index >= 15 is 0 Å². The Bertz CT molecular complexity index is 753. The van der Waals surface area contributed by atoms with Gasteiger partial charge in [0.05, 0.1) is 19.0 Å². The standard InChI is InChI=1S/C16H18F3N5O/c1-25-13-5-3-2-4-10(13)11-6-9(11)7-21-12-8-22-24-15(23-20)14(12)16(17,18)19/h2-5,8-9,11H,6-7,20H2,1H3,(H2,21,23,24)/t9-,11+/m0/s1. The second-order valence-electron chi connectivity index (χ2n) is 5.85. The zero-order chi connectivity index (χ0) is 18.0. The number of nitrogens with two attached hydrogens (primary N) is 1. The van der Waals surface area contributed by atoms with Gasteiger partial charge in [-0.2, -0.15) is 18.3 Å². The molecular formula is C16H18F3N5O. The van der Waals surface area contributed by atoms with E-state index in [4.69, 9.17) is 10.6 Å². The first-order chi connectivity index (χ1) is 12.0. The smallest absolute Gasteiger partial charge is 0.422 e. The Morgan fingerprint density at radius 2 is 2.08 bits per heavy atom. The second-order valence-corrected chi connectivity index (χ2v) is 5.85. The summed E-state index contributed by atoms with van der Waals surface area (Å²) in [6.45, 7) is 0.390. The number of anilines is 2. The minimum Gasteiger partial charge on any atom is -0.496 e. The van der Waals surface area contributed by atoms with Crippen molar-refractivity contribution in [2.45, 2.75) is 18.5 Å². The highest BCUT2D eigenvalue weighted by molar-refractivity contribution is 5.61. The molecule has 1 saturated carbocycles. The summed E-state index contributed by atoms with van der Waals surface area (Å²) in [6.07, 6.45) is -2.65. The van der Waals surface area contributed by atoms with E-state index in [2.05, 4.69) is 15.5 Å². The van der Waals surface area contributed by atoms with Gasteiger partial charge in [-0.3, -0.25) is 0 Å². The summed E-state index contributed by atoms with van der Waals surface area (Å²) in [6, 6.07) is 7.67. The van der Waals surface area contributed by atoms with E-state index in [0.29, 0.717) is 6.54 Å². The fraction of sp³-hybridized carbons (Fsp3) is 0.375. The average Bonchev–Trinajstić information content (AvgIpc) is 3.38. The number of halogens is 3. The lowest BCUT2D eigenvalue weighted by atomic mass is 10.1. The van der Waals surface area contributed by atoms with Crippen molar-refractivity contribution < 1.29 is 17.9 Å². The Morgan fingerprint density at radius 3 is 2.76 bits per heavy atom. The zero-order valence-electron chi connectivity index (χ0n) is 13.5. The highest BCUT2D eigenvalue weighted by atomic mass is 19.4. The molecule has 9 heteroatoms. The Hall–Kier alpha value is -2.55. The number of rotatable bonds is 6. The van der Waals surface area contributed by atoms with E-state index in [9.17, 15) is 13.2 Å². The number of para-hydroxylation sites is 1. The molecule has 0 aliphatic heterocycles. The summed E-state index contributed by atoms with van der Waals surface area (Å²) in [5, 5.41) is 9.78. The van der Waals surface area contributed by atoms with E-state index in [-0.39, 0.29) is 17.5 Å². The van der Waals surface area contributed by atoms with Gasteiger partial charge in [-0.05, 0) is 29.9 Å². The molecule has 2 aromatic rings. The van der Waals surface area contributed by atoms with Gasteiger partial charge in [0.1, 0.15) is 11.3 Å². The van der Waals surface area contributed by atoms with Crippen LogP contribution in [0.3, 0.4) is 0 Å². The normalized spacial score (nSPS) is 19.4. The summed E-state index contributed by atoms with van der Waals surface area (Å²) in [5.74, 6) is 5.90. The quantitative estimate of drug-likeness (QED) is 0.547. The lowest BCUT2D eigenvalue weighted by Gasteiger charge is -2.16. The van der Waals surface area contributed by atoms with E-state index in [0.717, 1.165) is 23.9 Å². The molecule has 1 heterocycles. The number of nitrogens with zero attached hydrogens (tertiary/aromatic N) is 2. The minimum absolute atomic E-state index is 0.138. The molecule has 0 bridgehead atoms. The molecule has 4 N–H and O–H groups in total. The van der Waals surface area contributed by atoms with E-state index < -0.39 is 17.6 Å². The zero-order valence-corrected chi connectivity index (χ0v) is 13.5. The predicted octanol–water partition coefficient (Wildman–Crippen LogP) is 3.01. The molecule has 2 atom stereocenters. The number of alkyl halides is 3. The number of ether oxygens (including phenoxy) is 1. The number of hydrogen-bond acceptors (Lipinski definition) is 6. The fourth-order valence-electron chi connectivity index (χ4n) is 2.98. The van der Waals surface area contributed by atoms with Crippen molar-refractivity contribution in [2.75, 3.05) is 24.4 Å². The molecule has 0 unspecified atom stereocenters. The van der Waals surface area contributed by atoms with Gasteiger partial charge in [0, 0.05) is 6.54 Å². The first kappa shape index (κ1) is 17.3. The first-order valence-corrected chi connectivity index (χ1v) is 7.72. The van der Waals surface area contributed by atoms with Gasteiger partial charge < -0.3 is 15.5 Å². The molecular weight excluding hydrogens is 335 g/mol. The molecule has 1 fully saturated rings. The van der Waals surface area contributed by atoms with Crippen LogP contribution in [0.1, 0.15) is 23.5 Å². The molecule has 1 aliphatic carbocycles. The van der Waals surface area contributed by atoms with Gasteiger partial charge in [0.15, 0.2) is 5.82 Å². The molecule has 0 amide bonds. The summed E-state index contributed by atoms with van der Waals surface area (Å²) in [7, 11) is 1.61. The third-order valence-electron chi connectivity index (χ3n) is 4.29. The third-order valence-corrected chi connectivity index (χ3v) is 4.29. The van der Waals surface area contributed by atoms with Crippen LogP contribution in [-0.4, -0.2) is 23.9 Å². The summed E-state index contributed by atoms with van der Waals surface area (Å²) in [5.41, 5.74) is 1.94. The van der Waals surface area contributed by atoms with Crippen molar-refractivity contribution in [1.82, 2.24) is 10.2 Å². The molecule has 0 radical (unpaired) electrons. The first-order valence-electron chi connectivity index (χ1n) is 7.72. The number of nitrogen functional groups attached to an aromatic ring is 1. The van der Waals surface area contributed by atoms with Crippen molar-refractivity contribution >= 4 is 11.5 Å². The lowest BCUT2D eigenvalue weighted by molar-refractivity contribution is -0.136. The van der Waals surface area contributed by atoms with Crippen LogP contribution in [0.15, 0.2) is 30.5 Å². The topological polar surface area (TPSA) is 85.1 Å². The largest absolute Gasteiger partial charge is 0.496 e. The Labute approximate surface area is 142 Å². The van der Waals surface area contributed by atoms with Gasteiger partial charge in [-0.25, -0.2) is 5.84 Å². The maximum Gasteiger partial charge on any atom is 0.422 e. The maximum absolute atomic E-state index is 13.3. The Kier molecular flexibility index (Phi) is 4.67. The number of nitrogens with one attached hydrogen (secondary N) is 2. The van der Waals surface area contributed by atoms with Crippen molar-refractivity contribution in [3.05, 3.63) is 41.6 Å². The van der Waals surface area contributed by atoms with Crippen LogP contribution < -0.4 is 21.3 Å². The third kappa shape index (κ3) is 3.60. The van der Waals surface area contributed by atoms with E-state index in [1.165, 1.54) is 0 Å². The van der Waals surface area contributed by atoms with Crippen molar-refractivity contribution in [3.63, 3.8) is 0 Å². The molecule has 134 valence electrons. The van der Waals surface area contributed by atoms with Crippen LogP contribution in [0.25, 0.3) is 0 Å². The van der Waals surface area contributed by atoms with Crippen LogP contribution in [0.2, 0.25) is 0 Å². The average molecular weight is 353 g/mol. The molecule has 0 saturated heterocycles. The van der Waals surface area contributed by atoms with Crippen LogP contribution in [0.5, 0.6) is 5.75 Å². The second kappa shape index (κ2) is 6.75. The Balaban J connectivity index is 1.72. The van der Waals surface area contributed by atoms with Gasteiger partial charge in [-0.15, -0.1) is 5.10 Å². The highest BCUT2D eigenvalue weighted by Gasteiger charge is 2.41. The molecule has 1 aromatic heterocycles. The van der Waals surface area contributed by atoms with Gasteiger partial charge in [0.25, 0.3) is 0 Å². The highest BCUT2D eigenvalue weighted by Crippen LogP contribution is 2.50. The molecule has 0 spiro atoms. The lowest BCUT2D eigenvalue weighted by Crippen LogP contribution is -2.20. The monoisotopic (exact) mass is 353 g/mol. The van der Waals surface area contributed by atoms with Gasteiger partial charge >= 0.3 is 6.18 Å². The molecule has 1 aromatic carbocycles. The number of aromatic nitrogens is 2. The van der Waals surface area contributed by atoms with E-state index in [1.54, 1.807) is 7.11 Å². The minimum atomic E-state index is -4.59. The van der Waals surface area contributed by atoms with Crippen LogP contribution in [-0.2, 0) is 6.18 Å². The van der Waals surface area contributed by atoms with Crippen LogP contribution >= 0.6 is 0 Å². The summed E-state index contributed by atoms with van der Waals surface area (Å²) < 4.78 is 45.1. The number of hydrazine groups is 1. The van der Waals surface area contributed by atoms with Crippen molar-refractivity contribution in [2.24, 2.45) is 11.8 Å². The van der Waals surface area contributed by atoms with E-state index in [1.807, 2.05) is 29.7 Å². The van der Waals surface area contributed by atoms with Gasteiger partial charge in [-0.1, -0.05) is 18.2 Å². The fourth-order valence-corrected chi connectivity index (χ4v) is 2.98. The SMILES string of the molecule is COc1ccccc1[C@@H]1C[C@H]1CNc1cnnc(NN)c1C(F)(F)F.